The number of fused-ring (bicyclic) bond motifs is 3. The molecule has 0 saturated carbocycles. The van der Waals surface area contributed by atoms with Gasteiger partial charge in [-0.05, 0) is 6.92 Å². The van der Waals surface area contributed by atoms with E-state index < -0.39 is 409 Å². The first-order valence-electron chi connectivity index (χ1n) is 30.0. The maximum absolute atomic E-state index is 15.5. The third-order valence-electron chi connectivity index (χ3n) is 16.5. The first kappa shape index (κ1) is 90.8. The molecule has 12 aromatic carbocycles. The fraction of sp³-hybridized carbons (Fsp3) is 0.0149. The highest BCUT2D eigenvalue weighted by Crippen LogP contribution is 2.49. The standard InChI is InChI=1S/C13H4F8O.2C12HF9O.3C10HF7O.2Al/c1-2-5(14)7(16)3(8(17)6(2)15)4-9(18)11(20)13(22)12(21)10(4)19;2*13-3-1(4(14)8(18)9(19)7(3)17)2-5(15)10(20)12(22)11(21)6(2)16;3*11-3-1-2(4(12)8(16)7(3)15)6(14)10(18)9(17)5(1)13;;/h22H,1H3;2*22H;3*18H;;/q;;;;;;2*+3/p-6. The van der Waals surface area contributed by atoms with Crippen molar-refractivity contribution in [1.82, 2.24) is 0 Å². The predicted octanol–water partition coefficient (Wildman–Crippen LogP) is 23.7. The van der Waals surface area contributed by atoms with Gasteiger partial charge in [-0.2, -0.15) is 39.5 Å². The summed E-state index contributed by atoms with van der Waals surface area (Å²) >= 11 is -12.6. The van der Waals surface area contributed by atoms with Crippen LogP contribution in [-0.2, 0) is 0 Å². The lowest BCUT2D eigenvalue weighted by atomic mass is 9.99. The Hall–Kier alpha value is -12.0. The van der Waals surface area contributed by atoms with E-state index in [9.17, 15) is 127 Å². The molecule has 55 heteroatoms. The quantitative estimate of drug-likeness (QED) is 0.0441. The number of hydrogen-bond acceptors (Lipinski definition) is 6. The zero-order valence-electron chi connectivity index (χ0n) is 55.4. The smallest absolute Gasteiger partial charge is 0.573 e. The average molecular weight is 1850 g/mol. The van der Waals surface area contributed by atoms with Gasteiger partial charge in [0.25, 0.3) is 0 Å². The third kappa shape index (κ3) is 13.7. The molecule has 0 saturated heterocycles. The lowest BCUT2D eigenvalue weighted by Gasteiger charge is -2.21. The molecule has 0 aliphatic carbocycles. The van der Waals surface area contributed by atoms with Crippen LogP contribution in [0, 0.1) is 280 Å². The highest BCUT2D eigenvalue weighted by Gasteiger charge is 2.54. The van der Waals surface area contributed by atoms with E-state index in [1.807, 2.05) is 0 Å². The summed E-state index contributed by atoms with van der Waals surface area (Å²) in [5, 5.41) is -14.3. The van der Waals surface area contributed by atoms with Crippen LogP contribution in [0.1, 0.15) is 5.56 Å². The zero-order valence-corrected chi connectivity index (χ0v) is 57.7. The summed E-state index contributed by atoms with van der Waals surface area (Å²) in [6.07, 6.45) is 0. The van der Waals surface area contributed by atoms with Gasteiger partial charge in [0, 0.05) is 5.56 Å². The highest BCUT2D eigenvalue weighted by molar-refractivity contribution is 6.40. The Morgan fingerprint density at radius 3 is 0.377 bits per heavy atom. The Bertz CT molecular complexity index is 5870. The highest BCUT2D eigenvalue weighted by atomic mass is 27.3. The zero-order chi connectivity index (χ0) is 91.5. The van der Waals surface area contributed by atoms with Crippen molar-refractivity contribution in [2.24, 2.45) is 0 Å². The van der Waals surface area contributed by atoms with Gasteiger partial charge in [-0.3, -0.25) is 0 Å². The van der Waals surface area contributed by atoms with E-state index in [4.69, 9.17) is 0 Å². The Morgan fingerprint density at radius 2 is 0.213 bits per heavy atom. The van der Waals surface area contributed by atoms with Crippen molar-refractivity contribution < 1.29 is 229 Å². The molecule has 0 unspecified atom stereocenters. The fourth-order valence-corrected chi connectivity index (χ4v) is 13.5. The Labute approximate surface area is 643 Å². The van der Waals surface area contributed by atoms with Crippen molar-refractivity contribution in [2.45, 2.75) is 6.92 Å². The van der Waals surface area contributed by atoms with Crippen LogP contribution in [0.4, 0.5) is 206 Å². The molecule has 0 aliphatic rings. The van der Waals surface area contributed by atoms with Gasteiger partial charge in [-0.1, -0.05) is 0 Å². The van der Waals surface area contributed by atoms with Gasteiger partial charge in [0.2, 0.25) is 64.0 Å². The molecule has 6 nitrogen and oxygen atoms in total. The Morgan fingerprint density at radius 1 is 0.115 bits per heavy atom. The van der Waals surface area contributed by atoms with Gasteiger partial charge in [-0.25, -0.2) is 167 Å². The Kier molecular flexibility index (Phi) is 24.1. The van der Waals surface area contributed by atoms with Gasteiger partial charge in [0.05, 0.1) is 65.7 Å². The molecule has 122 heavy (non-hydrogen) atoms. The molecule has 12 aromatic rings. The molecule has 0 bridgehead atoms. The van der Waals surface area contributed by atoms with Gasteiger partial charge in [0.1, 0.15) is 0 Å². The van der Waals surface area contributed by atoms with Crippen LogP contribution in [-0.4, -0.2) is 30.3 Å². The van der Waals surface area contributed by atoms with Gasteiger partial charge in [0.15, 0.2) is 244 Å². The van der Waals surface area contributed by atoms with Crippen LogP contribution in [0.5, 0.6) is 34.5 Å². The third-order valence-corrected chi connectivity index (χ3v) is 19.1. The van der Waals surface area contributed by atoms with Crippen molar-refractivity contribution in [3.05, 3.63) is 279 Å². The second-order valence-corrected chi connectivity index (χ2v) is 25.7. The number of halogens is 47. The van der Waals surface area contributed by atoms with E-state index in [0.717, 1.165) is 0 Å². The van der Waals surface area contributed by atoms with Crippen LogP contribution >= 0.6 is 0 Å². The first-order chi connectivity index (χ1) is 56.6. The van der Waals surface area contributed by atoms with Crippen molar-refractivity contribution in [1.29, 1.82) is 0 Å². The number of hydrogen-bond donors (Lipinski definition) is 0. The molecule has 0 aliphatic heterocycles. The van der Waals surface area contributed by atoms with Crippen LogP contribution in [0.25, 0.3) is 65.7 Å². The minimum atomic E-state index is -6.45. The van der Waals surface area contributed by atoms with Crippen molar-refractivity contribution in [3.63, 3.8) is 0 Å². The molecule has 0 aromatic heterocycles. The molecule has 0 N–H and O–H groups in total. The topological polar surface area (TPSA) is 55.4 Å². The summed E-state index contributed by atoms with van der Waals surface area (Å²) in [7, 11) is 0. The monoisotopic (exact) mass is 1850 g/mol. The maximum atomic E-state index is 15.5. The fourth-order valence-electron chi connectivity index (χ4n) is 10.8. The summed E-state index contributed by atoms with van der Waals surface area (Å²) in [5.74, 6) is -159. The lowest BCUT2D eigenvalue weighted by Crippen LogP contribution is -2.39. The van der Waals surface area contributed by atoms with Gasteiger partial charge in [-0.15, -0.1) is 0 Å². The van der Waals surface area contributed by atoms with Crippen molar-refractivity contribution in [3.8, 4) is 67.9 Å². The van der Waals surface area contributed by atoms with E-state index >= 15 is 79.0 Å². The second-order valence-electron chi connectivity index (χ2n) is 23.1. The normalized spacial score (nSPS) is 11.6. The first-order valence-corrected chi connectivity index (χ1v) is 32.8. The van der Waals surface area contributed by atoms with Crippen molar-refractivity contribution in [2.75, 3.05) is 0 Å². The number of benzene rings is 12. The Balaban J connectivity index is 0.000000243. The SMILES string of the molecule is Cc1c(F)c(F)c(-c2c(F)c(F)c([O][Al]([O]c3c(F)c(F)c(-c4c(F)c(F)c(F)c(F)c4F)c(F)c3F)[O]c3c(F)c(F)c(-c4c(F)c(F)c(F)c(F)c4F)c(F)c3F)c(F)c2F)c(F)c1F.Fc1c(F)c(F)c2c(F)c([O][Al]([O]c3c(F)c(F)c4c(F)c(F)c(F)c(F)c4c3F)[O]c3c(F)c(F)c4c(F)c(F)c(F)c(F)c4c3F)c(F)c(F)c2c1F. The van der Waals surface area contributed by atoms with Crippen molar-refractivity contribution >= 4 is 62.6 Å². The molecule has 0 spiro atoms. The lowest BCUT2D eigenvalue weighted by molar-refractivity contribution is 0.256. The van der Waals surface area contributed by atoms with E-state index in [1.165, 1.54) is 0 Å². The summed E-state index contributed by atoms with van der Waals surface area (Å²) < 4.78 is 714. The minimum Gasteiger partial charge on any atom is -0.573 e. The second kappa shape index (κ2) is 32.4. The molecule has 0 fully saturated rings. The summed E-state index contributed by atoms with van der Waals surface area (Å²) in [5.41, 5.74) is -18.1. The molecule has 0 heterocycles. The molecule has 0 atom stereocenters. The number of rotatable bonds is 15. The van der Waals surface area contributed by atoms with Gasteiger partial charge < -0.3 is 22.7 Å². The van der Waals surface area contributed by atoms with Crippen LogP contribution in [0.15, 0.2) is 0 Å². The molecular weight excluding hydrogens is 1850 g/mol. The summed E-state index contributed by atoms with van der Waals surface area (Å²) in [6, 6.07) is 0. The molecular formula is C67H3Al2F47O6. The maximum Gasteiger partial charge on any atom is 1.20 e. The molecule has 642 valence electrons. The van der Waals surface area contributed by atoms with E-state index in [1.54, 1.807) is 0 Å². The molecule has 12 rings (SSSR count). The van der Waals surface area contributed by atoms with E-state index in [-0.39, 0.29) is 0 Å². The van der Waals surface area contributed by atoms with E-state index in [2.05, 4.69) is 22.7 Å². The van der Waals surface area contributed by atoms with Gasteiger partial charge >= 0.3 is 30.3 Å². The predicted molar refractivity (Wildman–Crippen MR) is 306 cm³/mol. The van der Waals surface area contributed by atoms with Crippen LogP contribution < -0.4 is 22.7 Å². The average Bonchev–Trinajstić information content (AvgIpc) is 0.743. The summed E-state index contributed by atoms with van der Waals surface area (Å²) in [4.78, 5) is 0. The minimum absolute atomic E-state index is 0.335. The molecule has 0 radical (unpaired) electrons. The van der Waals surface area contributed by atoms with E-state index in [0.29, 0.717) is 6.92 Å². The molecule has 0 amide bonds. The summed E-state index contributed by atoms with van der Waals surface area (Å²) in [6.45, 7) is 0.335. The largest absolute Gasteiger partial charge is 1.20 e. The van der Waals surface area contributed by atoms with Crippen LogP contribution in [0.2, 0.25) is 0 Å². The van der Waals surface area contributed by atoms with Crippen LogP contribution in [0.3, 0.4) is 0 Å².